The molecule has 0 bridgehead atoms. The number of rotatable bonds is 5. The highest BCUT2D eigenvalue weighted by Crippen LogP contribution is 2.19. The van der Waals surface area contributed by atoms with Crippen molar-refractivity contribution in [2.75, 3.05) is 5.75 Å². The van der Waals surface area contributed by atoms with E-state index in [1.54, 1.807) is 29.7 Å². The van der Waals surface area contributed by atoms with Gasteiger partial charge in [0.15, 0.2) is 0 Å². The van der Waals surface area contributed by atoms with E-state index in [1.807, 2.05) is 29.0 Å². The summed E-state index contributed by atoms with van der Waals surface area (Å²) in [5.74, 6) is 0.189. The number of amides is 1. The molecule has 1 heterocycles. The van der Waals surface area contributed by atoms with Crippen LogP contribution in [0.15, 0.2) is 51.1 Å². The Hall–Kier alpha value is -1.30. The first-order chi connectivity index (χ1) is 9.24. The van der Waals surface area contributed by atoms with Crippen molar-refractivity contribution in [2.24, 2.45) is 5.10 Å². The third kappa shape index (κ3) is 5.06. The Bertz CT molecular complexity index is 553. The molecule has 0 radical (unpaired) electrons. The normalized spacial score (nSPS) is 10.8. The maximum absolute atomic E-state index is 11.5. The summed E-state index contributed by atoms with van der Waals surface area (Å²) in [6, 6.07) is 9.31. The lowest BCUT2D eigenvalue weighted by Crippen LogP contribution is -2.19. The maximum Gasteiger partial charge on any atom is 0.250 e. The van der Waals surface area contributed by atoms with Crippen molar-refractivity contribution in [1.29, 1.82) is 0 Å². The number of halogens is 1. The lowest BCUT2D eigenvalue weighted by Gasteiger charge is -2.00. The molecule has 2 aromatic rings. The van der Waals surface area contributed by atoms with Gasteiger partial charge in [-0.2, -0.15) is 16.4 Å². The second kappa shape index (κ2) is 7.33. The smallest absolute Gasteiger partial charge is 0.250 e. The van der Waals surface area contributed by atoms with Crippen LogP contribution in [-0.4, -0.2) is 17.9 Å². The van der Waals surface area contributed by atoms with E-state index in [9.17, 15) is 4.79 Å². The summed E-state index contributed by atoms with van der Waals surface area (Å²) in [4.78, 5) is 12.5. The number of hydrogen-bond acceptors (Lipinski definition) is 4. The van der Waals surface area contributed by atoms with Crippen LogP contribution in [0.2, 0.25) is 5.02 Å². The van der Waals surface area contributed by atoms with E-state index in [-0.39, 0.29) is 5.91 Å². The van der Waals surface area contributed by atoms with Gasteiger partial charge in [-0.25, -0.2) is 5.43 Å². The summed E-state index contributed by atoms with van der Waals surface area (Å²) >= 11 is 8.82. The third-order valence-corrected chi connectivity index (χ3v) is 4.10. The Balaban J connectivity index is 1.74. The summed E-state index contributed by atoms with van der Waals surface area (Å²) in [7, 11) is 0. The summed E-state index contributed by atoms with van der Waals surface area (Å²) in [6.07, 6.45) is 1.63. The van der Waals surface area contributed by atoms with Crippen LogP contribution in [0.25, 0.3) is 0 Å². The largest absolute Gasteiger partial charge is 0.272 e. The van der Waals surface area contributed by atoms with Crippen molar-refractivity contribution in [2.45, 2.75) is 4.90 Å². The Morgan fingerprint density at radius 3 is 2.84 bits per heavy atom. The summed E-state index contributed by atoms with van der Waals surface area (Å²) in [5.41, 5.74) is 3.47. The van der Waals surface area contributed by atoms with Crippen LogP contribution in [0, 0.1) is 0 Å². The maximum atomic E-state index is 11.5. The van der Waals surface area contributed by atoms with Crippen LogP contribution in [0.1, 0.15) is 5.56 Å². The topological polar surface area (TPSA) is 41.5 Å². The summed E-state index contributed by atoms with van der Waals surface area (Å²) < 4.78 is 0. The fourth-order valence-electron chi connectivity index (χ4n) is 1.24. The monoisotopic (exact) mass is 310 g/mol. The van der Waals surface area contributed by atoms with Crippen molar-refractivity contribution in [3.63, 3.8) is 0 Å². The van der Waals surface area contributed by atoms with Gasteiger partial charge in [0.05, 0.1) is 12.0 Å². The third-order valence-electron chi connectivity index (χ3n) is 2.13. The minimum Gasteiger partial charge on any atom is -0.272 e. The number of hydrogen-bond donors (Lipinski definition) is 1. The Morgan fingerprint density at radius 1 is 1.37 bits per heavy atom. The molecule has 0 atom stereocenters. The number of thiophene rings is 1. The van der Waals surface area contributed by atoms with Gasteiger partial charge in [-0.1, -0.05) is 11.6 Å². The molecule has 0 aliphatic carbocycles. The number of carbonyl (C=O) groups is 1. The average molecular weight is 311 g/mol. The number of benzene rings is 1. The van der Waals surface area contributed by atoms with Crippen LogP contribution in [0.3, 0.4) is 0 Å². The number of hydrazone groups is 1. The lowest BCUT2D eigenvalue weighted by atomic mass is 10.4. The van der Waals surface area contributed by atoms with E-state index >= 15 is 0 Å². The Morgan fingerprint density at radius 2 is 2.16 bits per heavy atom. The predicted molar refractivity (Wildman–Crippen MR) is 82.2 cm³/mol. The molecule has 2 rings (SSSR count). The van der Waals surface area contributed by atoms with Crippen molar-refractivity contribution >= 4 is 46.8 Å². The fraction of sp³-hybridized carbons (Fsp3) is 0.0769. The molecule has 6 heteroatoms. The molecule has 0 saturated carbocycles. The summed E-state index contributed by atoms with van der Waals surface area (Å²) in [6.45, 7) is 0. The van der Waals surface area contributed by atoms with E-state index in [0.29, 0.717) is 10.8 Å². The van der Waals surface area contributed by atoms with Crippen LogP contribution in [-0.2, 0) is 4.79 Å². The minimum absolute atomic E-state index is 0.133. The van der Waals surface area contributed by atoms with Gasteiger partial charge in [0, 0.05) is 15.5 Å². The molecule has 0 fully saturated rings. The molecule has 1 aromatic carbocycles. The first-order valence-corrected chi connectivity index (χ1v) is 7.77. The zero-order chi connectivity index (χ0) is 13.5. The molecule has 0 spiro atoms. The molecule has 1 N–H and O–H groups in total. The molecule has 19 heavy (non-hydrogen) atoms. The fourth-order valence-corrected chi connectivity index (χ4v) is 2.67. The molecular weight excluding hydrogens is 300 g/mol. The predicted octanol–water partition coefficient (Wildman–Crippen LogP) is 3.64. The molecule has 1 amide bonds. The van der Waals surface area contributed by atoms with Gasteiger partial charge in [0.25, 0.3) is 0 Å². The molecular formula is C13H11ClN2OS2. The molecule has 3 nitrogen and oxygen atoms in total. The molecule has 98 valence electrons. The molecule has 0 aliphatic heterocycles. The molecule has 0 unspecified atom stereocenters. The minimum atomic E-state index is -0.133. The van der Waals surface area contributed by atoms with Gasteiger partial charge in [0.1, 0.15) is 0 Å². The molecule has 0 aliphatic rings. The van der Waals surface area contributed by atoms with Gasteiger partial charge in [-0.05, 0) is 41.1 Å². The Kier molecular flexibility index (Phi) is 5.44. The van der Waals surface area contributed by atoms with Gasteiger partial charge in [-0.15, -0.1) is 11.8 Å². The summed E-state index contributed by atoms with van der Waals surface area (Å²) in [5, 5.41) is 8.49. The van der Waals surface area contributed by atoms with Crippen LogP contribution < -0.4 is 5.43 Å². The van der Waals surface area contributed by atoms with Crippen molar-refractivity contribution in [1.82, 2.24) is 5.43 Å². The number of carbonyl (C=O) groups excluding carboxylic acids is 1. The van der Waals surface area contributed by atoms with Crippen molar-refractivity contribution in [3.8, 4) is 0 Å². The van der Waals surface area contributed by atoms with E-state index in [1.165, 1.54) is 11.8 Å². The van der Waals surface area contributed by atoms with Gasteiger partial charge in [-0.3, -0.25) is 4.79 Å². The van der Waals surface area contributed by atoms with Crippen LogP contribution >= 0.6 is 34.7 Å². The second-order valence-corrected chi connectivity index (χ2v) is 5.86. The highest BCUT2D eigenvalue weighted by molar-refractivity contribution is 8.00. The molecule has 0 saturated heterocycles. The number of nitrogens with zero attached hydrogens (tertiary/aromatic N) is 1. The highest BCUT2D eigenvalue weighted by Gasteiger charge is 2.01. The van der Waals surface area contributed by atoms with Gasteiger partial charge in [0.2, 0.25) is 5.91 Å². The van der Waals surface area contributed by atoms with Gasteiger partial charge >= 0.3 is 0 Å². The Labute approximate surface area is 124 Å². The zero-order valence-corrected chi connectivity index (χ0v) is 12.3. The van der Waals surface area contributed by atoms with E-state index in [4.69, 9.17) is 11.6 Å². The van der Waals surface area contributed by atoms with Crippen LogP contribution in [0.5, 0.6) is 0 Å². The standard InChI is InChI=1S/C13H11ClN2OS2/c14-11-1-3-12(4-2-11)19-9-13(17)16-15-7-10-5-6-18-8-10/h1-8H,9H2,(H,16,17)/b15-7+. The lowest BCUT2D eigenvalue weighted by molar-refractivity contribution is -0.118. The van der Waals surface area contributed by atoms with Crippen molar-refractivity contribution in [3.05, 3.63) is 51.7 Å². The van der Waals surface area contributed by atoms with E-state index in [0.717, 1.165) is 10.5 Å². The highest BCUT2D eigenvalue weighted by atomic mass is 35.5. The SMILES string of the molecule is O=C(CSc1ccc(Cl)cc1)N/N=C/c1ccsc1. The van der Waals surface area contributed by atoms with Crippen LogP contribution in [0.4, 0.5) is 0 Å². The van der Waals surface area contributed by atoms with Gasteiger partial charge < -0.3 is 0 Å². The van der Waals surface area contributed by atoms with E-state index in [2.05, 4.69) is 10.5 Å². The molecule has 1 aromatic heterocycles. The zero-order valence-electron chi connectivity index (χ0n) is 9.88. The first kappa shape index (κ1) is 14.1. The quantitative estimate of drug-likeness (QED) is 0.520. The number of nitrogens with one attached hydrogen (secondary N) is 1. The average Bonchev–Trinajstić information content (AvgIpc) is 2.91. The second-order valence-electron chi connectivity index (χ2n) is 3.59. The van der Waals surface area contributed by atoms with Crippen molar-refractivity contribution < 1.29 is 4.79 Å². The van der Waals surface area contributed by atoms with E-state index < -0.39 is 0 Å². The number of thioether (sulfide) groups is 1. The first-order valence-electron chi connectivity index (χ1n) is 5.46.